The van der Waals surface area contributed by atoms with E-state index in [1.54, 1.807) is 5.19 Å². The van der Waals surface area contributed by atoms with Crippen molar-refractivity contribution in [2.45, 2.75) is 45.8 Å². The molecule has 0 heterocycles. The molecule has 96 valence electrons. The third-order valence-corrected chi connectivity index (χ3v) is 14.0. The monoisotopic (exact) mass is 265 g/mol. The Balaban J connectivity index is 2.83. The standard InChI is InChI=1S/C14H27NSi2/c1-5-15(17(6-2,7-3)8-4)16-14-12-10-9-11-13-14/h9-13H,5-8,16H2,1-4H3. The second-order valence-corrected chi connectivity index (χ2v) is 12.5. The van der Waals surface area contributed by atoms with E-state index in [9.17, 15) is 0 Å². The summed E-state index contributed by atoms with van der Waals surface area (Å²) in [5.41, 5.74) is 0. The molecule has 0 saturated heterocycles. The summed E-state index contributed by atoms with van der Waals surface area (Å²) in [5, 5.41) is 1.60. The van der Waals surface area contributed by atoms with E-state index in [1.807, 2.05) is 0 Å². The molecule has 1 aromatic rings. The van der Waals surface area contributed by atoms with Crippen LogP contribution in [0.3, 0.4) is 0 Å². The normalized spacial score (nSPS) is 12.8. The van der Waals surface area contributed by atoms with Gasteiger partial charge in [0.1, 0.15) is 17.9 Å². The summed E-state index contributed by atoms with van der Waals surface area (Å²) in [6.07, 6.45) is 0. The average Bonchev–Trinajstić information content (AvgIpc) is 2.41. The average molecular weight is 266 g/mol. The van der Waals surface area contributed by atoms with Crippen LogP contribution in [0.5, 0.6) is 0 Å². The van der Waals surface area contributed by atoms with Gasteiger partial charge in [-0.25, -0.2) is 0 Å². The van der Waals surface area contributed by atoms with E-state index in [0.717, 1.165) is 0 Å². The number of hydrogen-bond donors (Lipinski definition) is 0. The SMILES string of the molecule is CCN([SiH2]c1ccccc1)[Si](CC)(CC)CC. The first kappa shape index (κ1) is 14.7. The van der Waals surface area contributed by atoms with Gasteiger partial charge in [-0.3, -0.25) is 0 Å². The summed E-state index contributed by atoms with van der Waals surface area (Å²) in [6.45, 7) is 10.8. The first-order valence-electron chi connectivity index (χ1n) is 7.01. The molecule has 1 rings (SSSR count). The second kappa shape index (κ2) is 7.14. The van der Waals surface area contributed by atoms with Gasteiger partial charge in [-0.15, -0.1) is 0 Å². The molecule has 0 aliphatic heterocycles. The Morgan fingerprint density at radius 3 is 1.88 bits per heavy atom. The Morgan fingerprint density at radius 2 is 1.47 bits per heavy atom. The molecule has 0 unspecified atom stereocenters. The van der Waals surface area contributed by atoms with E-state index >= 15 is 0 Å². The van der Waals surface area contributed by atoms with Gasteiger partial charge in [-0.2, -0.15) is 0 Å². The van der Waals surface area contributed by atoms with Gasteiger partial charge in [-0.1, -0.05) is 63.2 Å². The third kappa shape index (κ3) is 3.53. The van der Waals surface area contributed by atoms with Crippen molar-refractivity contribution in [3.63, 3.8) is 0 Å². The van der Waals surface area contributed by atoms with Crippen molar-refractivity contribution in [1.29, 1.82) is 0 Å². The first-order chi connectivity index (χ1) is 8.22. The molecule has 0 amide bonds. The summed E-state index contributed by atoms with van der Waals surface area (Å²) < 4.78 is 2.92. The lowest BCUT2D eigenvalue weighted by atomic mass is 10.4. The minimum absolute atomic E-state index is 0.239. The lowest BCUT2D eigenvalue weighted by Crippen LogP contribution is -2.56. The maximum Gasteiger partial charge on any atom is 0.120 e. The van der Waals surface area contributed by atoms with Crippen LogP contribution in [-0.4, -0.2) is 28.7 Å². The van der Waals surface area contributed by atoms with Gasteiger partial charge in [-0.05, 0) is 24.7 Å². The van der Waals surface area contributed by atoms with E-state index in [-0.39, 0.29) is 9.68 Å². The van der Waals surface area contributed by atoms with Gasteiger partial charge in [0.15, 0.2) is 0 Å². The first-order valence-corrected chi connectivity index (χ1v) is 10.9. The van der Waals surface area contributed by atoms with Crippen molar-refractivity contribution in [2.75, 3.05) is 6.54 Å². The van der Waals surface area contributed by atoms with Crippen molar-refractivity contribution in [2.24, 2.45) is 0 Å². The van der Waals surface area contributed by atoms with E-state index < -0.39 is 8.24 Å². The molecule has 0 aliphatic rings. The minimum atomic E-state index is -1.13. The Labute approximate surface area is 110 Å². The maximum absolute atomic E-state index is 2.92. The highest BCUT2D eigenvalue weighted by Crippen LogP contribution is 2.23. The molecular formula is C14H27NSi2. The summed E-state index contributed by atoms with van der Waals surface area (Å²) >= 11 is 0. The van der Waals surface area contributed by atoms with Crippen LogP contribution in [0.4, 0.5) is 0 Å². The highest BCUT2D eigenvalue weighted by molar-refractivity contribution is 6.84. The zero-order valence-electron chi connectivity index (χ0n) is 11.9. The van der Waals surface area contributed by atoms with Gasteiger partial charge in [0.05, 0.1) is 0 Å². The number of hydrogen-bond acceptors (Lipinski definition) is 1. The largest absolute Gasteiger partial charge is 0.347 e. The number of nitrogens with zero attached hydrogens (tertiary/aromatic N) is 1. The van der Waals surface area contributed by atoms with E-state index in [4.69, 9.17) is 0 Å². The molecule has 0 spiro atoms. The predicted octanol–water partition coefficient (Wildman–Crippen LogP) is 2.72. The summed E-state index contributed by atoms with van der Waals surface area (Å²) in [6, 6.07) is 15.4. The lowest BCUT2D eigenvalue weighted by molar-refractivity contribution is 0.660. The Bertz CT molecular complexity index is 301. The fourth-order valence-corrected chi connectivity index (χ4v) is 11.4. The Hall–Kier alpha value is -0.386. The summed E-state index contributed by atoms with van der Waals surface area (Å²) in [7, 11) is -1.37. The Morgan fingerprint density at radius 1 is 0.941 bits per heavy atom. The molecule has 17 heavy (non-hydrogen) atoms. The third-order valence-electron chi connectivity index (χ3n) is 4.24. The van der Waals surface area contributed by atoms with Crippen LogP contribution in [0, 0.1) is 0 Å². The van der Waals surface area contributed by atoms with Crippen LogP contribution in [0.1, 0.15) is 27.7 Å². The van der Waals surface area contributed by atoms with Gasteiger partial charge in [0.2, 0.25) is 0 Å². The van der Waals surface area contributed by atoms with Crippen molar-refractivity contribution >= 4 is 23.1 Å². The van der Waals surface area contributed by atoms with Crippen molar-refractivity contribution in [3.05, 3.63) is 30.3 Å². The highest BCUT2D eigenvalue weighted by atomic mass is 28.4. The Kier molecular flexibility index (Phi) is 6.16. The maximum atomic E-state index is 2.92. The summed E-state index contributed by atoms with van der Waals surface area (Å²) in [4.78, 5) is 0. The molecule has 0 aliphatic carbocycles. The number of benzene rings is 1. The molecule has 0 fully saturated rings. The topological polar surface area (TPSA) is 3.24 Å². The molecule has 0 aromatic heterocycles. The molecule has 0 saturated carbocycles. The quantitative estimate of drug-likeness (QED) is 0.685. The van der Waals surface area contributed by atoms with Crippen molar-refractivity contribution < 1.29 is 0 Å². The molecule has 1 aromatic carbocycles. The summed E-state index contributed by atoms with van der Waals surface area (Å²) in [5.74, 6) is 0. The van der Waals surface area contributed by atoms with Crippen LogP contribution < -0.4 is 5.19 Å². The smallest absolute Gasteiger partial charge is 0.120 e. The van der Waals surface area contributed by atoms with Crippen LogP contribution in [0.25, 0.3) is 0 Å². The van der Waals surface area contributed by atoms with Crippen LogP contribution in [0.15, 0.2) is 30.3 Å². The van der Waals surface area contributed by atoms with Crippen molar-refractivity contribution in [3.8, 4) is 0 Å². The van der Waals surface area contributed by atoms with Crippen LogP contribution in [0.2, 0.25) is 18.1 Å². The molecule has 1 nitrogen and oxygen atoms in total. The van der Waals surface area contributed by atoms with E-state index in [2.05, 4.69) is 62.3 Å². The van der Waals surface area contributed by atoms with E-state index in [0.29, 0.717) is 0 Å². The fourth-order valence-electron chi connectivity index (χ4n) is 2.84. The molecule has 0 atom stereocenters. The van der Waals surface area contributed by atoms with Crippen LogP contribution >= 0.6 is 0 Å². The van der Waals surface area contributed by atoms with Gasteiger partial charge in [0, 0.05) is 0 Å². The van der Waals surface area contributed by atoms with Gasteiger partial charge in [0.25, 0.3) is 0 Å². The molecule has 3 heteroatoms. The second-order valence-electron chi connectivity index (χ2n) is 4.78. The highest BCUT2D eigenvalue weighted by Gasteiger charge is 2.33. The van der Waals surface area contributed by atoms with Gasteiger partial charge < -0.3 is 4.23 Å². The van der Waals surface area contributed by atoms with Crippen molar-refractivity contribution in [1.82, 2.24) is 4.23 Å². The number of rotatable bonds is 7. The zero-order valence-corrected chi connectivity index (χ0v) is 14.3. The van der Waals surface area contributed by atoms with E-state index in [1.165, 1.54) is 24.7 Å². The van der Waals surface area contributed by atoms with Crippen LogP contribution in [-0.2, 0) is 0 Å². The molecular weight excluding hydrogens is 238 g/mol. The minimum Gasteiger partial charge on any atom is -0.347 e. The fraction of sp³-hybridized carbons (Fsp3) is 0.571. The zero-order chi connectivity index (χ0) is 12.7. The molecule has 0 N–H and O–H groups in total. The molecule has 0 radical (unpaired) electrons. The molecule has 0 bridgehead atoms. The van der Waals surface area contributed by atoms with Gasteiger partial charge >= 0.3 is 0 Å². The predicted molar refractivity (Wildman–Crippen MR) is 84.2 cm³/mol. The lowest BCUT2D eigenvalue weighted by Gasteiger charge is -2.40.